The number of fused-ring (bicyclic) bond motifs is 1. The van der Waals surface area contributed by atoms with Gasteiger partial charge in [0.05, 0.1) is 11.2 Å². The number of benzene rings is 1. The first-order valence-corrected chi connectivity index (χ1v) is 8.19. The third kappa shape index (κ3) is 2.88. The summed E-state index contributed by atoms with van der Waals surface area (Å²) < 4.78 is 0. The highest BCUT2D eigenvalue weighted by molar-refractivity contribution is 5.92. The molecule has 1 aliphatic heterocycles. The van der Waals surface area contributed by atoms with Crippen molar-refractivity contribution in [2.24, 2.45) is 5.73 Å². The van der Waals surface area contributed by atoms with E-state index in [-0.39, 0.29) is 0 Å². The standard InChI is InChI=1S/C18H25N3/c1-2-15-8-4-3-7-11-21(15)18-12-14(13-19)20-17-10-6-5-9-16(17)18/h5-6,9-10,12,15H,2-4,7-8,11,13,19H2,1H3. The molecule has 2 N–H and O–H groups in total. The molecule has 1 atom stereocenters. The molecule has 2 heterocycles. The Kier molecular flexibility index (Phi) is 4.39. The van der Waals surface area contributed by atoms with Crippen molar-refractivity contribution in [1.29, 1.82) is 0 Å². The molecule has 21 heavy (non-hydrogen) atoms. The predicted octanol–water partition coefficient (Wildman–Crippen LogP) is 3.85. The van der Waals surface area contributed by atoms with Crippen LogP contribution < -0.4 is 10.6 Å². The Hall–Kier alpha value is -1.61. The van der Waals surface area contributed by atoms with Gasteiger partial charge in [-0.3, -0.25) is 4.98 Å². The van der Waals surface area contributed by atoms with Gasteiger partial charge in [-0.2, -0.15) is 0 Å². The van der Waals surface area contributed by atoms with E-state index in [2.05, 4.69) is 47.1 Å². The summed E-state index contributed by atoms with van der Waals surface area (Å²) in [6.07, 6.45) is 6.48. The number of nitrogens with zero attached hydrogens (tertiary/aromatic N) is 2. The number of rotatable bonds is 3. The summed E-state index contributed by atoms with van der Waals surface area (Å²) in [6.45, 7) is 3.95. The van der Waals surface area contributed by atoms with Crippen molar-refractivity contribution in [3.8, 4) is 0 Å². The van der Waals surface area contributed by atoms with Crippen LogP contribution in [0, 0.1) is 0 Å². The van der Waals surface area contributed by atoms with E-state index < -0.39 is 0 Å². The van der Waals surface area contributed by atoms with Gasteiger partial charge in [-0.25, -0.2) is 0 Å². The van der Waals surface area contributed by atoms with Gasteiger partial charge in [0, 0.05) is 30.2 Å². The van der Waals surface area contributed by atoms with Gasteiger partial charge in [0.2, 0.25) is 0 Å². The minimum absolute atomic E-state index is 0.502. The van der Waals surface area contributed by atoms with Crippen LogP contribution in [0.1, 0.15) is 44.7 Å². The molecule has 1 saturated heterocycles. The zero-order valence-electron chi connectivity index (χ0n) is 12.9. The molecule has 1 aromatic heterocycles. The van der Waals surface area contributed by atoms with E-state index in [1.54, 1.807) is 0 Å². The van der Waals surface area contributed by atoms with Crippen LogP contribution >= 0.6 is 0 Å². The average Bonchev–Trinajstić information content (AvgIpc) is 2.78. The fourth-order valence-corrected chi connectivity index (χ4v) is 3.47. The molecular formula is C18H25N3. The fraction of sp³-hybridized carbons (Fsp3) is 0.500. The van der Waals surface area contributed by atoms with Crippen LogP contribution in [-0.4, -0.2) is 17.6 Å². The van der Waals surface area contributed by atoms with E-state index in [1.807, 2.05) is 0 Å². The Balaban J connectivity index is 2.12. The number of pyridine rings is 1. The van der Waals surface area contributed by atoms with Crippen molar-refractivity contribution in [2.75, 3.05) is 11.4 Å². The molecule has 0 aliphatic carbocycles. The van der Waals surface area contributed by atoms with Crippen LogP contribution in [-0.2, 0) is 6.54 Å². The quantitative estimate of drug-likeness (QED) is 0.930. The van der Waals surface area contributed by atoms with Crippen LogP contribution in [0.5, 0.6) is 0 Å². The van der Waals surface area contributed by atoms with Crippen LogP contribution in [0.15, 0.2) is 30.3 Å². The van der Waals surface area contributed by atoms with Gasteiger partial charge < -0.3 is 10.6 Å². The Morgan fingerprint density at radius 3 is 2.90 bits per heavy atom. The maximum atomic E-state index is 5.86. The first kappa shape index (κ1) is 14.3. The Bertz CT molecular complexity index is 608. The van der Waals surface area contributed by atoms with Crippen molar-refractivity contribution in [3.05, 3.63) is 36.0 Å². The molecule has 1 fully saturated rings. The lowest BCUT2D eigenvalue weighted by atomic mass is 10.1. The zero-order chi connectivity index (χ0) is 14.7. The minimum Gasteiger partial charge on any atom is -0.368 e. The second-order valence-electron chi connectivity index (χ2n) is 5.96. The molecule has 0 amide bonds. The van der Waals surface area contributed by atoms with E-state index in [1.165, 1.54) is 43.2 Å². The summed E-state index contributed by atoms with van der Waals surface area (Å²) >= 11 is 0. The second-order valence-corrected chi connectivity index (χ2v) is 5.96. The Morgan fingerprint density at radius 1 is 1.24 bits per heavy atom. The zero-order valence-corrected chi connectivity index (χ0v) is 12.9. The largest absolute Gasteiger partial charge is 0.368 e. The number of hydrogen-bond donors (Lipinski definition) is 1. The molecule has 112 valence electrons. The number of para-hydroxylation sites is 1. The lowest BCUT2D eigenvalue weighted by Gasteiger charge is -2.32. The number of aromatic nitrogens is 1. The molecule has 3 heteroatoms. The normalized spacial score (nSPS) is 19.7. The number of hydrogen-bond acceptors (Lipinski definition) is 3. The SMILES string of the molecule is CCC1CCCCCN1c1cc(CN)nc2ccccc12. The first-order valence-electron chi connectivity index (χ1n) is 8.19. The summed E-state index contributed by atoms with van der Waals surface area (Å²) in [5.74, 6) is 0. The van der Waals surface area contributed by atoms with Gasteiger partial charge in [-0.1, -0.05) is 38.0 Å². The molecule has 0 bridgehead atoms. The number of nitrogens with two attached hydrogens (primary N) is 1. The Labute approximate surface area is 127 Å². The molecule has 1 unspecified atom stereocenters. The van der Waals surface area contributed by atoms with E-state index in [4.69, 9.17) is 5.73 Å². The summed E-state index contributed by atoms with van der Waals surface area (Å²) in [6, 6.07) is 11.3. The maximum absolute atomic E-state index is 5.86. The lowest BCUT2D eigenvalue weighted by Crippen LogP contribution is -2.34. The van der Waals surface area contributed by atoms with E-state index >= 15 is 0 Å². The van der Waals surface area contributed by atoms with Gasteiger partial charge in [-0.05, 0) is 31.4 Å². The molecule has 2 aromatic rings. The van der Waals surface area contributed by atoms with Gasteiger partial charge in [-0.15, -0.1) is 0 Å². The maximum Gasteiger partial charge on any atom is 0.0726 e. The van der Waals surface area contributed by atoms with Crippen molar-refractivity contribution >= 4 is 16.6 Å². The first-order chi connectivity index (χ1) is 10.3. The molecule has 0 saturated carbocycles. The van der Waals surface area contributed by atoms with Crippen LogP contribution in [0.25, 0.3) is 10.9 Å². The van der Waals surface area contributed by atoms with Crippen LogP contribution in [0.3, 0.4) is 0 Å². The summed E-state index contributed by atoms with van der Waals surface area (Å²) in [5.41, 5.74) is 9.24. The average molecular weight is 283 g/mol. The summed E-state index contributed by atoms with van der Waals surface area (Å²) in [7, 11) is 0. The van der Waals surface area contributed by atoms with E-state index in [9.17, 15) is 0 Å². The highest BCUT2D eigenvalue weighted by atomic mass is 15.2. The molecule has 0 spiro atoms. The fourth-order valence-electron chi connectivity index (χ4n) is 3.47. The van der Waals surface area contributed by atoms with Gasteiger partial charge in [0.15, 0.2) is 0 Å². The monoisotopic (exact) mass is 283 g/mol. The highest BCUT2D eigenvalue weighted by Gasteiger charge is 2.22. The minimum atomic E-state index is 0.502. The molecule has 1 aromatic carbocycles. The highest BCUT2D eigenvalue weighted by Crippen LogP contribution is 2.32. The summed E-state index contributed by atoms with van der Waals surface area (Å²) in [5, 5.41) is 1.26. The Morgan fingerprint density at radius 2 is 2.10 bits per heavy atom. The molecule has 0 radical (unpaired) electrons. The van der Waals surface area contributed by atoms with Crippen molar-refractivity contribution < 1.29 is 0 Å². The van der Waals surface area contributed by atoms with Crippen LogP contribution in [0.2, 0.25) is 0 Å². The lowest BCUT2D eigenvalue weighted by molar-refractivity contribution is 0.557. The van der Waals surface area contributed by atoms with Crippen molar-refractivity contribution in [1.82, 2.24) is 4.98 Å². The molecule has 3 rings (SSSR count). The molecule has 3 nitrogen and oxygen atoms in total. The van der Waals surface area contributed by atoms with Crippen LogP contribution in [0.4, 0.5) is 5.69 Å². The molecule has 1 aliphatic rings. The van der Waals surface area contributed by atoms with Gasteiger partial charge in [0.25, 0.3) is 0 Å². The molecular weight excluding hydrogens is 258 g/mol. The topological polar surface area (TPSA) is 42.1 Å². The van der Waals surface area contributed by atoms with Gasteiger partial charge in [0.1, 0.15) is 0 Å². The third-order valence-corrected chi connectivity index (χ3v) is 4.61. The smallest absolute Gasteiger partial charge is 0.0726 e. The predicted molar refractivity (Wildman–Crippen MR) is 89.5 cm³/mol. The van der Waals surface area contributed by atoms with Crippen molar-refractivity contribution in [2.45, 2.75) is 51.6 Å². The summed E-state index contributed by atoms with van der Waals surface area (Å²) in [4.78, 5) is 7.28. The third-order valence-electron chi connectivity index (χ3n) is 4.61. The van der Waals surface area contributed by atoms with E-state index in [0.29, 0.717) is 12.6 Å². The number of anilines is 1. The van der Waals surface area contributed by atoms with E-state index in [0.717, 1.165) is 17.8 Å². The second kappa shape index (κ2) is 6.44. The van der Waals surface area contributed by atoms with Crippen molar-refractivity contribution in [3.63, 3.8) is 0 Å². The van der Waals surface area contributed by atoms with Gasteiger partial charge >= 0.3 is 0 Å².